The van der Waals surface area contributed by atoms with Crippen LogP contribution in [0.5, 0.6) is 11.5 Å². The number of fused-ring (bicyclic) bond motifs is 1. The van der Waals surface area contributed by atoms with Crippen LogP contribution in [0.1, 0.15) is 22.8 Å². The van der Waals surface area contributed by atoms with Gasteiger partial charge in [-0.1, -0.05) is 18.2 Å². The number of rotatable bonds is 4. The van der Waals surface area contributed by atoms with E-state index in [4.69, 9.17) is 9.15 Å². The standard InChI is InChI=1S/C18H14O5/c1-11(19)14-7-6-13(9-16(14)20)22-10-12-8-18(21)23-17-5-3-2-4-15(12)17/h2-9,20H,10H2,1H3. The molecular formula is C18H14O5. The quantitative estimate of drug-likeness (QED) is 0.591. The molecule has 1 heterocycles. The van der Waals surface area contributed by atoms with Crippen molar-refractivity contribution in [3.63, 3.8) is 0 Å². The van der Waals surface area contributed by atoms with Crippen molar-refractivity contribution < 1.29 is 19.1 Å². The highest BCUT2D eigenvalue weighted by Gasteiger charge is 2.09. The van der Waals surface area contributed by atoms with Crippen LogP contribution < -0.4 is 10.4 Å². The molecule has 2 aromatic carbocycles. The molecule has 3 aromatic rings. The highest BCUT2D eigenvalue weighted by atomic mass is 16.5. The van der Waals surface area contributed by atoms with E-state index in [9.17, 15) is 14.7 Å². The van der Waals surface area contributed by atoms with Crippen molar-refractivity contribution in [3.05, 3.63) is 70.1 Å². The third-order valence-electron chi connectivity index (χ3n) is 3.48. The lowest BCUT2D eigenvalue weighted by molar-refractivity contribution is 0.101. The Bertz CT molecular complexity index is 940. The first-order valence-corrected chi connectivity index (χ1v) is 7.03. The molecule has 116 valence electrons. The molecule has 5 heteroatoms. The maximum atomic E-state index is 11.6. The summed E-state index contributed by atoms with van der Waals surface area (Å²) in [7, 11) is 0. The predicted molar refractivity (Wildman–Crippen MR) is 84.9 cm³/mol. The zero-order valence-electron chi connectivity index (χ0n) is 12.4. The lowest BCUT2D eigenvalue weighted by Crippen LogP contribution is -2.04. The SMILES string of the molecule is CC(=O)c1ccc(OCc2cc(=O)oc3ccccc23)cc1O. The first kappa shape index (κ1) is 14.8. The molecular weight excluding hydrogens is 296 g/mol. The van der Waals surface area contributed by atoms with Gasteiger partial charge in [-0.25, -0.2) is 4.79 Å². The van der Waals surface area contributed by atoms with Gasteiger partial charge >= 0.3 is 5.63 Å². The van der Waals surface area contributed by atoms with Gasteiger partial charge < -0.3 is 14.3 Å². The van der Waals surface area contributed by atoms with E-state index in [1.165, 1.54) is 25.1 Å². The van der Waals surface area contributed by atoms with Crippen LogP contribution >= 0.6 is 0 Å². The van der Waals surface area contributed by atoms with Crippen LogP contribution in [0.4, 0.5) is 0 Å². The molecule has 23 heavy (non-hydrogen) atoms. The van der Waals surface area contributed by atoms with E-state index in [1.54, 1.807) is 18.2 Å². The Morgan fingerprint density at radius 1 is 1.17 bits per heavy atom. The Morgan fingerprint density at radius 2 is 1.96 bits per heavy atom. The molecule has 0 bridgehead atoms. The highest BCUT2D eigenvalue weighted by molar-refractivity contribution is 5.96. The third-order valence-corrected chi connectivity index (χ3v) is 3.48. The molecule has 0 aliphatic rings. The minimum atomic E-state index is -0.447. The van der Waals surface area contributed by atoms with E-state index < -0.39 is 5.63 Å². The van der Waals surface area contributed by atoms with Gasteiger partial charge in [0.2, 0.25) is 0 Å². The van der Waals surface area contributed by atoms with Gasteiger partial charge in [0.15, 0.2) is 5.78 Å². The second-order valence-electron chi connectivity index (χ2n) is 5.11. The Balaban J connectivity index is 1.88. The Hall–Kier alpha value is -3.08. The summed E-state index contributed by atoms with van der Waals surface area (Å²) in [5, 5.41) is 10.6. The number of phenolic OH excluding ortho intramolecular Hbond substituents is 1. The van der Waals surface area contributed by atoms with Crippen LogP contribution in [0.25, 0.3) is 11.0 Å². The van der Waals surface area contributed by atoms with E-state index in [1.807, 2.05) is 12.1 Å². The largest absolute Gasteiger partial charge is 0.507 e. The number of hydrogen-bond acceptors (Lipinski definition) is 5. The number of Topliss-reactive ketones (excluding diaryl/α,β-unsaturated/α-hetero) is 1. The normalized spacial score (nSPS) is 10.7. The van der Waals surface area contributed by atoms with E-state index in [0.717, 1.165) is 5.39 Å². The van der Waals surface area contributed by atoms with Crippen molar-refractivity contribution in [2.45, 2.75) is 13.5 Å². The highest BCUT2D eigenvalue weighted by Crippen LogP contribution is 2.25. The summed E-state index contributed by atoms with van der Waals surface area (Å²) in [6.07, 6.45) is 0. The maximum absolute atomic E-state index is 11.6. The van der Waals surface area contributed by atoms with Crippen LogP contribution in [0, 0.1) is 0 Å². The average Bonchev–Trinajstić information content (AvgIpc) is 2.52. The van der Waals surface area contributed by atoms with Crippen LogP contribution in [0.15, 0.2) is 57.7 Å². The maximum Gasteiger partial charge on any atom is 0.336 e. The minimum absolute atomic E-state index is 0.132. The number of carbonyl (C=O) groups is 1. The van der Waals surface area contributed by atoms with Crippen molar-refractivity contribution in [2.75, 3.05) is 0 Å². The van der Waals surface area contributed by atoms with Gasteiger partial charge in [-0.15, -0.1) is 0 Å². The number of hydrogen-bond donors (Lipinski definition) is 1. The predicted octanol–water partition coefficient (Wildman–Crippen LogP) is 3.28. The summed E-state index contributed by atoms with van der Waals surface area (Å²) in [6.45, 7) is 1.52. The summed E-state index contributed by atoms with van der Waals surface area (Å²) in [5.74, 6) is 0.0537. The number of phenols is 1. The van der Waals surface area contributed by atoms with Crippen molar-refractivity contribution in [1.29, 1.82) is 0 Å². The molecule has 0 aliphatic carbocycles. The van der Waals surface area contributed by atoms with Gasteiger partial charge in [-0.2, -0.15) is 0 Å². The molecule has 0 aliphatic heterocycles. The number of aromatic hydroxyl groups is 1. The molecule has 1 N–H and O–H groups in total. The van der Waals surface area contributed by atoms with Crippen LogP contribution in [0.2, 0.25) is 0 Å². The van der Waals surface area contributed by atoms with Crippen LogP contribution in [0.3, 0.4) is 0 Å². The Kier molecular flexibility index (Phi) is 3.85. The van der Waals surface area contributed by atoms with Gasteiger partial charge in [-0.05, 0) is 25.1 Å². The molecule has 0 unspecified atom stereocenters. The van der Waals surface area contributed by atoms with Crippen LogP contribution in [-0.4, -0.2) is 10.9 Å². The smallest absolute Gasteiger partial charge is 0.336 e. The van der Waals surface area contributed by atoms with Gasteiger partial charge in [0.1, 0.15) is 23.7 Å². The molecule has 0 fully saturated rings. The molecule has 0 amide bonds. The van der Waals surface area contributed by atoms with E-state index in [2.05, 4.69) is 0 Å². The Labute approximate surface area is 131 Å². The van der Waals surface area contributed by atoms with Gasteiger partial charge in [0.25, 0.3) is 0 Å². The summed E-state index contributed by atoms with van der Waals surface area (Å²) in [4.78, 5) is 22.9. The fraction of sp³-hybridized carbons (Fsp3) is 0.111. The van der Waals surface area contributed by atoms with Crippen molar-refractivity contribution in [1.82, 2.24) is 0 Å². The number of carbonyl (C=O) groups excluding carboxylic acids is 1. The van der Waals surface area contributed by atoms with Crippen molar-refractivity contribution >= 4 is 16.8 Å². The molecule has 0 saturated heterocycles. The number of benzene rings is 2. The average molecular weight is 310 g/mol. The zero-order valence-corrected chi connectivity index (χ0v) is 12.4. The van der Waals surface area contributed by atoms with Gasteiger partial charge in [-0.3, -0.25) is 4.79 Å². The Morgan fingerprint density at radius 3 is 2.70 bits per heavy atom. The van der Waals surface area contributed by atoms with Gasteiger partial charge in [0.05, 0.1) is 5.56 Å². The number of para-hydroxylation sites is 1. The van der Waals surface area contributed by atoms with Gasteiger partial charge in [0, 0.05) is 23.1 Å². The van der Waals surface area contributed by atoms with E-state index in [-0.39, 0.29) is 23.7 Å². The summed E-state index contributed by atoms with van der Waals surface area (Å²) >= 11 is 0. The third kappa shape index (κ3) is 3.08. The number of ether oxygens (including phenoxy) is 1. The van der Waals surface area contributed by atoms with E-state index >= 15 is 0 Å². The fourth-order valence-corrected chi connectivity index (χ4v) is 2.36. The summed E-state index contributed by atoms with van der Waals surface area (Å²) in [5.41, 5.74) is 0.973. The topological polar surface area (TPSA) is 76.7 Å². The minimum Gasteiger partial charge on any atom is -0.507 e. The first-order chi connectivity index (χ1) is 11.0. The first-order valence-electron chi connectivity index (χ1n) is 7.03. The second-order valence-corrected chi connectivity index (χ2v) is 5.11. The molecule has 3 rings (SSSR count). The van der Waals surface area contributed by atoms with E-state index in [0.29, 0.717) is 16.9 Å². The van der Waals surface area contributed by atoms with Crippen LogP contribution in [-0.2, 0) is 6.61 Å². The molecule has 0 spiro atoms. The lowest BCUT2D eigenvalue weighted by Gasteiger charge is -2.09. The lowest BCUT2D eigenvalue weighted by atomic mass is 10.1. The number of ketones is 1. The summed E-state index contributed by atoms with van der Waals surface area (Å²) < 4.78 is 10.7. The fourth-order valence-electron chi connectivity index (χ4n) is 2.36. The zero-order chi connectivity index (χ0) is 16.4. The van der Waals surface area contributed by atoms with Crippen molar-refractivity contribution in [2.24, 2.45) is 0 Å². The molecule has 0 saturated carbocycles. The molecule has 1 aromatic heterocycles. The van der Waals surface area contributed by atoms with Crippen molar-refractivity contribution in [3.8, 4) is 11.5 Å². The summed E-state index contributed by atoms with van der Waals surface area (Å²) in [6, 6.07) is 13.1. The molecule has 0 atom stereocenters. The second kappa shape index (κ2) is 5.96. The molecule has 5 nitrogen and oxygen atoms in total. The molecule has 0 radical (unpaired) electrons. The monoisotopic (exact) mass is 310 g/mol.